The summed E-state index contributed by atoms with van der Waals surface area (Å²) in [6, 6.07) is 0. The fraction of sp³-hybridized carbons (Fsp3) is 0.600. The SMILES string of the molecule is CC(=O)O.CC(=O)O.CC(=O)O.CC(=O)O.NCCN.[NaH].[NaH].[NaH].[NaH].[NaH]. The molecule has 25 heavy (non-hydrogen) atoms. The zero-order valence-corrected chi connectivity index (χ0v) is 12.0. The van der Waals surface area contributed by atoms with Crippen LogP contribution in [0.5, 0.6) is 0 Å². The third-order valence-corrected chi connectivity index (χ3v) is 0.167. The van der Waals surface area contributed by atoms with E-state index in [2.05, 4.69) is 0 Å². The quantitative estimate of drug-likeness (QED) is 0.227. The van der Waals surface area contributed by atoms with Crippen molar-refractivity contribution in [1.82, 2.24) is 0 Å². The Morgan fingerprint density at radius 1 is 0.520 bits per heavy atom. The Balaban J connectivity index is -0.0000000134. The molecule has 0 fully saturated rings. The minimum absolute atomic E-state index is 0. The maximum atomic E-state index is 9.00. The summed E-state index contributed by atoms with van der Waals surface area (Å²) in [5.74, 6) is -3.33. The van der Waals surface area contributed by atoms with Gasteiger partial charge in [-0.25, -0.2) is 0 Å². The molecule has 132 valence electrons. The molecule has 10 nitrogen and oxygen atoms in total. The summed E-state index contributed by atoms with van der Waals surface area (Å²) in [5.41, 5.74) is 9.81. The van der Waals surface area contributed by atoms with Gasteiger partial charge < -0.3 is 31.9 Å². The van der Waals surface area contributed by atoms with Gasteiger partial charge in [-0.2, -0.15) is 0 Å². The molecule has 0 atom stereocenters. The van der Waals surface area contributed by atoms with E-state index in [-0.39, 0.29) is 148 Å². The topological polar surface area (TPSA) is 201 Å². The van der Waals surface area contributed by atoms with Crippen molar-refractivity contribution in [2.45, 2.75) is 27.7 Å². The number of rotatable bonds is 1. The summed E-state index contributed by atoms with van der Waals surface area (Å²) >= 11 is 0. The van der Waals surface area contributed by atoms with E-state index in [1.165, 1.54) is 0 Å². The van der Waals surface area contributed by atoms with Crippen LogP contribution in [0, 0.1) is 0 Å². The van der Waals surface area contributed by atoms with E-state index in [4.69, 9.17) is 51.1 Å². The summed E-state index contributed by atoms with van der Waals surface area (Å²) < 4.78 is 0. The normalized spacial score (nSPS) is 5.20. The number of carboxylic acids is 4. The minimum atomic E-state index is -0.833. The van der Waals surface area contributed by atoms with Crippen LogP contribution in [0.15, 0.2) is 0 Å². The molecule has 15 heteroatoms. The zero-order valence-electron chi connectivity index (χ0n) is 12.0. The number of carboxylic acid groups (broad SMARTS) is 4. The Morgan fingerprint density at radius 3 is 0.560 bits per heavy atom. The van der Waals surface area contributed by atoms with Crippen LogP contribution in [-0.4, -0.2) is 205 Å². The fourth-order valence-electron chi connectivity index (χ4n) is 0. The van der Waals surface area contributed by atoms with Gasteiger partial charge in [0.25, 0.3) is 23.9 Å². The van der Waals surface area contributed by atoms with E-state index < -0.39 is 23.9 Å². The molecule has 0 radical (unpaired) electrons. The van der Waals surface area contributed by atoms with Crippen molar-refractivity contribution >= 4 is 172 Å². The molecular weight excluding hydrogens is 391 g/mol. The molecule has 8 N–H and O–H groups in total. The van der Waals surface area contributed by atoms with Crippen LogP contribution in [-0.2, 0) is 19.2 Å². The monoisotopic (exact) mass is 420 g/mol. The summed E-state index contributed by atoms with van der Waals surface area (Å²) in [4.78, 5) is 36.0. The summed E-state index contributed by atoms with van der Waals surface area (Å²) in [5, 5.41) is 29.7. The Kier molecular flexibility index (Phi) is 159. The molecule has 0 aromatic rings. The van der Waals surface area contributed by atoms with Crippen LogP contribution < -0.4 is 11.5 Å². The van der Waals surface area contributed by atoms with Crippen molar-refractivity contribution in [2.75, 3.05) is 13.1 Å². The second kappa shape index (κ2) is 63.2. The van der Waals surface area contributed by atoms with Crippen molar-refractivity contribution in [3.05, 3.63) is 0 Å². The molecule has 0 heterocycles. The van der Waals surface area contributed by atoms with Crippen LogP contribution in [0.1, 0.15) is 27.7 Å². The van der Waals surface area contributed by atoms with Crippen molar-refractivity contribution in [2.24, 2.45) is 11.5 Å². The van der Waals surface area contributed by atoms with Gasteiger partial charge in [-0.15, -0.1) is 0 Å². The first kappa shape index (κ1) is 63.0. The van der Waals surface area contributed by atoms with E-state index in [0.717, 1.165) is 27.7 Å². The van der Waals surface area contributed by atoms with Gasteiger partial charge in [0.05, 0.1) is 0 Å². The average molecular weight is 420 g/mol. The van der Waals surface area contributed by atoms with Crippen molar-refractivity contribution < 1.29 is 39.6 Å². The number of carbonyl (C=O) groups is 4. The van der Waals surface area contributed by atoms with Gasteiger partial charge in [-0.1, -0.05) is 0 Å². The van der Waals surface area contributed by atoms with E-state index in [1.807, 2.05) is 0 Å². The van der Waals surface area contributed by atoms with Gasteiger partial charge in [0.15, 0.2) is 0 Å². The van der Waals surface area contributed by atoms with Crippen LogP contribution in [0.25, 0.3) is 0 Å². The van der Waals surface area contributed by atoms with E-state index in [0.29, 0.717) is 13.1 Å². The molecule has 0 rings (SSSR count). The Hall–Kier alpha value is 2.80. The van der Waals surface area contributed by atoms with Crippen molar-refractivity contribution in [3.8, 4) is 0 Å². The molecule has 0 aliphatic carbocycles. The zero-order chi connectivity index (χ0) is 17.7. The molecule has 0 aromatic carbocycles. The molecule has 0 unspecified atom stereocenters. The number of nitrogens with two attached hydrogens (primary N) is 2. The van der Waals surface area contributed by atoms with Gasteiger partial charge in [0.1, 0.15) is 0 Å². The number of hydrogen-bond acceptors (Lipinski definition) is 6. The molecule has 0 amide bonds. The standard InChI is InChI=1S/C2H8N2.4C2H4O2.5Na.5H/c3-1-2-4;4*1-2(3)4;;;;;;;;;;/h1-4H2;4*1H3,(H,3,4);;;;;;;;;;. The predicted octanol–water partition coefficient (Wildman–Crippen LogP) is -3.98. The van der Waals surface area contributed by atoms with E-state index in [1.54, 1.807) is 0 Å². The first-order valence-electron chi connectivity index (χ1n) is 5.03. The second-order valence-electron chi connectivity index (χ2n) is 2.65. The van der Waals surface area contributed by atoms with Gasteiger partial charge in [-0.3, -0.25) is 19.2 Å². The van der Waals surface area contributed by atoms with Crippen LogP contribution in [0.3, 0.4) is 0 Å². The third-order valence-electron chi connectivity index (χ3n) is 0.167. The van der Waals surface area contributed by atoms with E-state index in [9.17, 15) is 0 Å². The Labute approximate surface area is 259 Å². The predicted molar refractivity (Wildman–Crippen MR) is 107 cm³/mol. The van der Waals surface area contributed by atoms with Crippen molar-refractivity contribution in [3.63, 3.8) is 0 Å². The number of aliphatic carboxylic acids is 4. The first-order valence-corrected chi connectivity index (χ1v) is 5.03. The first-order chi connectivity index (χ1) is 8.84. The average Bonchev–Trinajstić information content (AvgIpc) is 2.13. The third kappa shape index (κ3) is 1140. The van der Waals surface area contributed by atoms with E-state index >= 15 is 0 Å². The number of hydrogen-bond donors (Lipinski definition) is 6. The Bertz CT molecular complexity index is 208. The van der Waals surface area contributed by atoms with Crippen molar-refractivity contribution in [1.29, 1.82) is 0 Å². The molecule has 0 spiro atoms. The summed E-state index contributed by atoms with van der Waals surface area (Å²) in [7, 11) is 0. The molecule has 0 aliphatic rings. The fourth-order valence-corrected chi connectivity index (χ4v) is 0. The summed E-state index contributed by atoms with van der Waals surface area (Å²) in [6.45, 7) is 5.53. The van der Waals surface area contributed by atoms with Crippen LogP contribution in [0.4, 0.5) is 0 Å². The molecule has 0 saturated heterocycles. The summed E-state index contributed by atoms with van der Waals surface area (Å²) in [6.07, 6.45) is 0. The van der Waals surface area contributed by atoms with Gasteiger partial charge >= 0.3 is 148 Å². The molecule has 0 aromatic heterocycles. The maximum absolute atomic E-state index is 9.00. The van der Waals surface area contributed by atoms with Crippen LogP contribution >= 0.6 is 0 Å². The Morgan fingerprint density at radius 2 is 0.560 bits per heavy atom. The molecule has 0 bridgehead atoms. The molecular formula is C10H29N2Na5O8. The van der Waals surface area contributed by atoms with Crippen LogP contribution in [0.2, 0.25) is 0 Å². The van der Waals surface area contributed by atoms with Gasteiger partial charge in [-0.05, 0) is 0 Å². The molecule has 0 aliphatic heterocycles. The van der Waals surface area contributed by atoms with Gasteiger partial charge in [0.2, 0.25) is 0 Å². The molecule has 0 saturated carbocycles. The van der Waals surface area contributed by atoms with Gasteiger partial charge in [0, 0.05) is 40.8 Å². The second-order valence-corrected chi connectivity index (χ2v) is 2.65.